The van der Waals surface area contributed by atoms with Gasteiger partial charge in [-0.2, -0.15) is 0 Å². The van der Waals surface area contributed by atoms with Gasteiger partial charge in [0.1, 0.15) is 10.0 Å². The van der Waals surface area contributed by atoms with Crippen molar-refractivity contribution >= 4 is 10.0 Å². The van der Waals surface area contributed by atoms with Crippen molar-refractivity contribution in [2.45, 2.75) is 44.7 Å². The van der Waals surface area contributed by atoms with Crippen LogP contribution in [0.3, 0.4) is 0 Å². The Hall–Kier alpha value is -2.63. The van der Waals surface area contributed by atoms with Gasteiger partial charge in [-0.1, -0.05) is 124 Å². The van der Waals surface area contributed by atoms with Gasteiger partial charge in [-0.3, -0.25) is 0 Å². The van der Waals surface area contributed by atoms with E-state index in [0.717, 1.165) is 11.1 Å². The monoisotopic (exact) mass is 586 g/mol. The summed E-state index contributed by atoms with van der Waals surface area (Å²) in [5.41, 5.74) is 15.1. The molecule has 0 aliphatic rings. The summed E-state index contributed by atoms with van der Waals surface area (Å²) < 4.78 is 29.8. The SMILES string of the molecule is Cc1cc(C)cc(C)c1.Cc1ccc(S(=O)(=O)[N-][C@H](c2ccccc2)[C@H]([NH-])c2ccccc2)cc1.[Ru+2]. The average molecular weight is 586 g/mol. The average Bonchev–Trinajstić information content (AvgIpc) is 2.83. The number of benzene rings is 4. The Morgan fingerprint density at radius 1 is 0.611 bits per heavy atom. The molecule has 1 N–H and O–H groups in total. The van der Waals surface area contributed by atoms with E-state index in [-0.39, 0.29) is 24.4 Å². The van der Waals surface area contributed by atoms with Gasteiger partial charge in [0.15, 0.2) is 0 Å². The van der Waals surface area contributed by atoms with Crippen LogP contribution in [-0.4, -0.2) is 8.42 Å². The quantitative estimate of drug-likeness (QED) is 0.214. The van der Waals surface area contributed by atoms with E-state index in [0.29, 0.717) is 5.56 Å². The molecular formula is C30H32N2O2RuS. The molecule has 0 fully saturated rings. The van der Waals surface area contributed by atoms with Gasteiger partial charge in [0.2, 0.25) is 0 Å². The van der Waals surface area contributed by atoms with Crippen LogP contribution in [0.1, 0.15) is 45.5 Å². The minimum Gasteiger partial charge on any atom is -0.672 e. The number of nitrogens with one attached hydrogen (secondary N) is 1. The van der Waals surface area contributed by atoms with Crippen LogP contribution in [0.15, 0.2) is 108 Å². The Labute approximate surface area is 228 Å². The van der Waals surface area contributed by atoms with Crippen molar-refractivity contribution in [3.63, 3.8) is 0 Å². The summed E-state index contributed by atoms with van der Waals surface area (Å²) in [5, 5.41) is 0. The molecule has 4 nitrogen and oxygen atoms in total. The van der Waals surface area contributed by atoms with Crippen LogP contribution >= 0.6 is 0 Å². The van der Waals surface area contributed by atoms with E-state index in [4.69, 9.17) is 5.73 Å². The standard InChI is InChI=1S/C21H20N2O2S.C9H12.Ru/c1-16-12-14-19(15-13-16)26(24,25)23-21(18-10-6-3-7-11-18)20(22)17-8-4-2-5-9-17;1-7-4-8(2)6-9(3)5-7;/h2-15,20-22H,1H3;4-6H,1-3H3;/q-2;;+2/t20-,21-;;/m1../s1. The van der Waals surface area contributed by atoms with Crippen molar-refractivity contribution in [2.75, 3.05) is 0 Å². The van der Waals surface area contributed by atoms with Crippen LogP contribution in [0.25, 0.3) is 10.5 Å². The molecule has 0 aliphatic heterocycles. The third-order valence-corrected chi connectivity index (χ3v) is 6.93. The second kappa shape index (κ2) is 13.6. The molecule has 0 aliphatic carbocycles. The van der Waals surface area contributed by atoms with Gasteiger partial charge < -0.3 is 10.5 Å². The Bertz CT molecular complexity index is 1280. The summed E-state index contributed by atoms with van der Waals surface area (Å²) in [6.07, 6.45) is 0. The molecule has 4 rings (SSSR count). The summed E-state index contributed by atoms with van der Waals surface area (Å²) in [5.74, 6) is 0. The van der Waals surface area contributed by atoms with Gasteiger partial charge in [0.05, 0.1) is 0 Å². The number of rotatable bonds is 6. The maximum Gasteiger partial charge on any atom is 2.00 e. The first kappa shape index (κ1) is 29.6. The van der Waals surface area contributed by atoms with Crippen LogP contribution < -0.4 is 0 Å². The second-order valence-corrected chi connectivity index (χ2v) is 10.4. The van der Waals surface area contributed by atoms with Crippen LogP contribution in [0.4, 0.5) is 0 Å². The second-order valence-electron chi connectivity index (χ2n) is 8.80. The fourth-order valence-corrected chi connectivity index (χ4v) is 5.07. The molecular weight excluding hydrogens is 553 g/mol. The molecule has 2 atom stereocenters. The van der Waals surface area contributed by atoms with E-state index in [9.17, 15) is 8.42 Å². The summed E-state index contributed by atoms with van der Waals surface area (Å²) >= 11 is 0. The number of sulfonamides is 1. The number of hydrogen-bond donors (Lipinski definition) is 0. The zero-order chi connectivity index (χ0) is 25.4. The molecule has 4 aromatic rings. The van der Waals surface area contributed by atoms with Gasteiger partial charge in [0, 0.05) is 4.90 Å². The van der Waals surface area contributed by atoms with E-state index in [1.54, 1.807) is 24.3 Å². The van der Waals surface area contributed by atoms with Crippen molar-refractivity contribution in [2.24, 2.45) is 0 Å². The maximum atomic E-state index is 12.8. The van der Waals surface area contributed by atoms with Gasteiger partial charge in [-0.05, 0) is 39.8 Å². The fourth-order valence-electron chi connectivity index (χ4n) is 3.93. The minimum absolute atomic E-state index is 0. The molecule has 0 amide bonds. The van der Waals surface area contributed by atoms with Gasteiger partial charge in [0.25, 0.3) is 0 Å². The maximum absolute atomic E-state index is 12.8. The largest absolute Gasteiger partial charge is 2.00 e. The van der Waals surface area contributed by atoms with E-state index in [1.165, 1.54) is 16.7 Å². The first-order valence-electron chi connectivity index (χ1n) is 11.6. The number of hydrogen-bond acceptors (Lipinski definition) is 2. The molecule has 0 saturated carbocycles. The summed E-state index contributed by atoms with van der Waals surface area (Å²) in [4.78, 5) is 0.143. The van der Waals surface area contributed by atoms with Gasteiger partial charge >= 0.3 is 19.5 Å². The molecule has 0 heterocycles. The Kier molecular flexibility index (Phi) is 11.2. The van der Waals surface area contributed by atoms with Crippen LogP contribution in [-0.2, 0) is 29.5 Å². The smallest absolute Gasteiger partial charge is 0.672 e. The molecule has 0 spiro atoms. The van der Waals surface area contributed by atoms with Crippen molar-refractivity contribution in [1.82, 2.24) is 0 Å². The number of nitrogens with zero attached hydrogens (tertiary/aromatic N) is 1. The van der Waals surface area contributed by atoms with Crippen molar-refractivity contribution in [3.8, 4) is 0 Å². The summed E-state index contributed by atoms with van der Waals surface area (Å²) in [7, 11) is -3.87. The molecule has 6 heteroatoms. The predicted molar refractivity (Wildman–Crippen MR) is 145 cm³/mol. The Morgan fingerprint density at radius 3 is 1.47 bits per heavy atom. The summed E-state index contributed by atoms with van der Waals surface area (Å²) in [6, 6.07) is 29.8. The molecule has 0 aromatic heterocycles. The molecule has 0 unspecified atom stereocenters. The molecule has 188 valence electrons. The van der Waals surface area contributed by atoms with Crippen LogP contribution in [0.5, 0.6) is 0 Å². The molecule has 0 radical (unpaired) electrons. The molecule has 36 heavy (non-hydrogen) atoms. The number of aryl methyl sites for hydroxylation is 4. The first-order valence-corrected chi connectivity index (χ1v) is 13.0. The normalized spacial score (nSPS) is 12.5. The first-order chi connectivity index (χ1) is 16.7. The molecule has 0 saturated heterocycles. The third kappa shape index (κ3) is 8.49. The van der Waals surface area contributed by atoms with Crippen molar-refractivity contribution in [1.29, 1.82) is 0 Å². The van der Waals surface area contributed by atoms with E-state index >= 15 is 0 Å². The topological polar surface area (TPSA) is 72.0 Å². The zero-order valence-corrected chi connectivity index (χ0v) is 23.5. The fraction of sp³-hybridized carbons (Fsp3) is 0.200. The van der Waals surface area contributed by atoms with Gasteiger partial charge in [-0.25, -0.2) is 8.42 Å². The van der Waals surface area contributed by atoms with Crippen LogP contribution in [0, 0.1) is 27.7 Å². The molecule has 0 bridgehead atoms. The van der Waals surface area contributed by atoms with E-state index in [2.05, 4.69) is 43.7 Å². The molecule has 4 aromatic carbocycles. The Morgan fingerprint density at radius 2 is 1.03 bits per heavy atom. The zero-order valence-electron chi connectivity index (χ0n) is 21.0. The third-order valence-electron chi connectivity index (χ3n) is 5.55. The minimum atomic E-state index is -3.87. The van der Waals surface area contributed by atoms with Crippen molar-refractivity contribution in [3.05, 3.63) is 147 Å². The predicted octanol–water partition coefficient (Wildman–Crippen LogP) is 8.20. The summed E-state index contributed by atoms with van der Waals surface area (Å²) in [6.45, 7) is 8.27. The van der Waals surface area contributed by atoms with E-state index in [1.807, 2.05) is 67.6 Å². The van der Waals surface area contributed by atoms with E-state index < -0.39 is 22.1 Å². The Balaban J connectivity index is 0.000000386. The van der Waals surface area contributed by atoms with Gasteiger partial charge in [-0.15, -0.1) is 12.1 Å². The van der Waals surface area contributed by atoms with Crippen molar-refractivity contribution < 1.29 is 27.9 Å². The van der Waals surface area contributed by atoms with Crippen LogP contribution in [0.2, 0.25) is 0 Å².